The van der Waals surface area contributed by atoms with Gasteiger partial charge in [-0.25, -0.2) is 0 Å². The Labute approximate surface area is 129 Å². The fraction of sp³-hybridized carbons (Fsp3) is 0.600. The van der Waals surface area contributed by atoms with Gasteiger partial charge in [-0.1, -0.05) is 6.07 Å². The smallest absolute Gasteiger partial charge is 0.315 e. The van der Waals surface area contributed by atoms with E-state index in [-0.39, 0.29) is 16.3 Å². The van der Waals surface area contributed by atoms with Crippen molar-refractivity contribution >= 4 is 17.1 Å². The fourth-order valence-electron chi connectivity index (χ4n) is 3.38. The Balaban J connectivity index is 1.69. The lowest BCUT2D eigenvalue weighted by Gasteiger charge is -2.41. The van der Waals surface area contributed by atoms with Crippen LogP contribution in [0.1, 0.15) is 12.8 Å². The number of ether oxygens (including phenoxy) is 1. The maximum atomic E-state index is 11.3. The van der Waals surface area contributed by atoms with E-state index in [4.69, 9.17) is 10.5 Å². The standard InChI is InChI=1S/C15H22N4O3/c16-13-2-1-3-14(15(13)19(20)21)18-8-6-17(7-9-18)12-4-10-22-11-5-12/h1-3,12H,4-11,16H2. The van der Waals surface area contributed by atoms with Gasteiger partial charge in [0.2, 0.25) is 0 Å². The number of benzene rings is 1. The highest BCUT2D eigenvalue weighted by molar-refractivity contribution is 5.75. The summed E-state index contributed by atoms with van der Waals surface area (Å²) >= 11 is 0. The van der Waals surface area contributed by atoms with Gasteiger partial charge in [-0.15, -0.1) is 0 Å². The Morgan fingerprint density at radius 3 is 2.50 bits per heavy atom. The first-order valence-electron chi connectivity index (χ1n) is 7.76. The number of piperazine rings is 1. The average molecular weight is 306 g/mol. The molecule has 0 unspecified atom stereocenters. The van der Waals surface area contributed by atoms with E-state index in [1.807, 2.05) is 0 Å². The molecule has 0 aliphatic carbocycles. The zero-order valence-electron chi connectivity index (χ0n) is 12.6. The van der Waals surface area contributed by atoms with E-state index >= 15 is 0 Å². The maximum Gasteiger partial charge on any atom is 0.315 e. The van der Waals surface area contributed by atoms with Crippen LogP contribution in [0.4, 0.5) is 17.1 Å². The lowest BCUT2D eigenvalue weighted by molar-refractivity contribution is -0.383. The van der Waals surface area contributed by atoms with E-state index in [9.17, 15) is 10.1 Å². The summed E-state index contributed by atoms with van der Waals surface area (Å²) in [5, 5.41) is 11.3. The van der Waals surface area contributed by atoms with Crippen LogP contribution in [-0.2, 0) is 4.74 Å². The number of hydrogen-bond acceptors (Lipinski definition) is 6. The Morgan fingerprint density at radius 2 is 1.86 bits per heavy atom. The molecule has 0 radical (unpaired) electrons. The highest BCUT2D eigenvalue weighted by Crippen LogP contribution is 2.34. The molecule has 22 heavy (non-hydrogen) atoms. The Bertz CT molecular complexity index is 538. The normalized spacial score (nSPS) is 21.0. The zero-order valence-corrected chi connectivity index (χ0v) is 12.6. The number of nitrogens with zero attached hydrogens (tertiary/aromatic N) is 3. The second-order valence-corrected chi connectivity index (χ2v) is 5.84. The third-order valence-corrected chi connectivity index (χ3v) is 4.59. The molecule has 1 aromatic carbocycles. The van der Waals surface area contributed by atoms with Crippen molar-refractivity contribution in [1.29, 1.82) is 0 Å². The minimum Gasteiger partial charge on any atom is -0.393 e. The summed E-state index contributed by atoms with van der Waals surface area (Å²) in [6, 6.07) is 5.74. The maximum absolute atomic E-state index is 11.3. The van der Waals surface area contributed by atoms with Gasteiger partial charge in [-0.3, -0.25) is 15.0 Å². The summed E-state index contributed by atoms with van der Waals surface area (Å²) in [6.07, 6.45) is 2.16. The molecule has 2 heterocycles. The van der Waals surface area contributed by atoms with E-state index in [2.05, 4.69) is 9.80 Å². The molecule has 0 aromatic heterocycles. The van der Waals surface area contributed by atoms with Gasteiger partial charge < -0.3 is 15.4 Å². The molecule has 0 saturated carbocycles. The first kappa shape index (κ1) is 15.1. The molecule has 0 bridgehead atoms. The average Bonchev–Trinajstić information content (AvgIpc) is 2.55. The van der Waals surface area contributed by atoms with Gasteiger partial charge in [0.15, 0.2) is 0 Å². The predicted molar refractivity (Wildman–Crippen MR) is 85.1 cm³/mol. The molecule has 0 atom stereocenters. The van der Waals surface area contributed by atoms with Crippen molar-refractivity contribution in [3.63, 3.8) is 0 Å². The summed E-state index contributed by atoms with van der Waals surface area (Å²) in [7, 11) is 0. The number of para-hydroxylation sites is 1. The highest BCUT2D eigenvalue weighted by Gasteiger charge is 2.29. The Morgan fingerprint density at radius 1 is 1.18 bits per heavy atom. The van der Waals surface area contributed by atoms with E-state index < -0.39 is 0 Å². The van der Waals surface area contributed by atoms with Crippen LogP contribution in [0.3, 0.4) is 0 Å². The lowest BCUT2D eigenvalue weighted by Crippen LogP contribution is -2.51. The van der Waals surface area contributed by atoms with Crippen LogP contribution in [0.25, 0.3) is 0 Å². The van der Waals surface area contributed by atoms with Gasteiger partial charge in [-0.2, -0.15) is 0 Å². The number of anilines is 2. The summed E-state index contributed by atoms with van der Waals surface area (Å²) < 4.78 is 5.41. The van der Waals surface area contributed by atoms with Crippen LogP contribution < -0.4 is 10.6 Å². The zero-order chi connectivity index (χ0) is 15.5. The number of nitrogens with two attached hydrogens (primary N) is 1. The van der Waals surface area contributed by atoms with Crippen molar-refractivity contribution in [3.05, 3.63) is 28.3 Å². The van der Waals surface area contributed by atoms with Crippen LogP contribution >= 0.6 is 0 Å². The molecule has 2 N–H and O–H groups in total. The number of rotatable bonds is 3. The van der Waals surface area contributed by atoms with Crippen LogP contribution in [0.5, 0.6) is 0 Å². The minimum atomic E-state index is -0.379. The van der Waals surface area contributed by atoms with E-state index in [1.54, 1.807) is 18.2 Å². The molecular weight excluding hydrogens is 284 g/mol. The lowest BCUT2D eigenvalue weighted by atomic mass is 10.1. The molecule has 0 amide bonds. The van der Waals surface area contributed by atoms with Gasteiger partial charge in [-0.05, 0) is 25.0 Å². The molecule has 0 spiro atoms. The first-order chi connectivity index (χ1) is 10.7. The first-order valence-corrected chi connectivity index (χ1v) is 7.76. The van der Waals surface area contributed by atoms with E-state index in [0.717, 1.165) is 52.2 Å². The second-order valence-electron chi connectivity index (χ2n) is 5.84. The van der Waals surface area contributed by atoms with Gasteiger partial charge >= 0.3 is 5.69 Å². The van der Waals surface area contributed by atoms with Crippen LogP contribution in [-0.4, -0.2) is 55.3 Å². The molecule has 2 saturated heterocycles. The largest absolute Gasteiger partial charge is 0.393 e. The molecule has 3 rings (SSSR count). The van der Waals surface area contributed by atoms with Gasteiger partial charge in [0.05, 0.1) is 4.92 Å². The van der Waals surface area contributed by atoms with Crippen LogP contribution in [0, 0.1) is 10.1 Å². The van der Waals surface area contributed by atoms with E-state index in [1.165, 1.54) is 0 Å². The molecule has 2 aliphatic rings. The quantitative estimate of drug-likeness (QED) is 0.517. The number of nitro groups is 1. The summed E-state index contributed by atoms with van der Waals surface area (Å²) in [6.45, 7) is 5.12. The minimum absolute atomic E-state index is 0.0296. The summed E-state index contributed by atoms with van der Waals surface area (Å²) in [4.78, 5) is 15.4. The SMILES string of the molecule is Nc1cccc(N2CCN(C3CCOCC3)CC2)c1[N+](=O)[O-]. The molecule has 2 aliphatic heterocycles. The molecule has 120 valence electrons. The van der Waals surface area contributed by atoms with Crippen molar-refractivity contribution in [2.24, 2.45) is 0 Å². The van der Waals surface area contributed by atoms with Gasteiger partial charge in [0.1, 0.15) is 11.4 Å². The fourth-order valence-corrected chi connectivity index (χ4v) is 3.38. The summed E-state index contributed by atoms with van der Waals surface area (Å²) in [5.74, 6) is 0. The topological polar surface area (TPSA) is 84.9 Å². The number of nitrogen functional groups attached to an aromatic ring is 1. The Hall–Kier alpha value is -1.86. The van der Waals surface area contributed by atoms with Crippen molar-refractivity contribution in [3.8, 4) is 0 Å². The molecule has 2 fully saturated rings. The number of nitro benzene ring substituents is 1. The third kappa shape index (κ3) is 3.00. The predicted octanol–water partition coefficient (Wildman–Crippen LogP) is 1.48. The molecule has 7 heteroatoms. The van der Waals surface area contributed by atoms with Crippen molar-refractivity contribution in [2.75, 3.05) is 50.0 Å². The second kappa shape index (κ2) is 6.50. The molecule has 1 aromatic rings. The number of hydrogen-bond donors (Lipinski definition) is 1. The van der Waals surface area contributed by atoms with Crippen molar-refractivity contribution < 1.29 is 9.66 Å². The summed E-state index contributed by atoms with van der Waals surface area (Å²) in [5.41, 5.74) is 6.68. The van der Waals surface area contributed by atoms with Gasteiger partial charge in [0.25, 0.3) is 0 Å². The van der Waals surface area contributed by atoms with Gasteiger partial charge in [0, 0.05) is 45.4 Å². The van der Waals surface area contributed by atoms with Crippen LogP contribution in [0.2, 0.25) is 0 Å². The molecule has 7 nitrogen and oxygen atoms in total. The Kier molecular flexibility index (Phi) is 4.44. The van der Waals surface area contributed by atoms with Crippen LogP contribution in [0.15, 0.2) is 18.2 Å². The van der Waals surface area contributed by atoms with Crippen molar-refractivity contribution in [1.82, 2.24) is 4.90 Å². The molecular formula is C15H22N4O3. The third-order valence-electron chi connectivity index (χ3n) is 4.59. The van der Waals surface area contributed by atoms with E-state index in [0.29, 0.717) is 11.7 Å². The monoisotopic (exact) mass is 306 g/mol. The highest BCUT2D eigenvalue weighted by atomic mass is 16.6. The van der Waals surface area contributed by atoms with Crippen molar-refractivity contribution in [2.45, 2.75) is 18.9 Å².